The van der Waals surface area contributed by atoms with E-state index >= 15 is 0 Å². The molecule has 0 aliphatic carbocycles. The van der Waals surface area contributed by atoms with Crippen LogP contribution in [-0.2, 0) is 13.0 Å². The van der Waals surface area contributed by atoms with Crippen LogP contribution in [0.1, 0.15) is 21.7 Å². The smallest absolute Gasteiger partial charge is 0.354 e. The van der Waals surface area contributed by atoms with Gasteiger partial charge in [-0.15, -0.1) is 0 Å². The number of aromatic nitrogens is 2. The molecule has 0 atom stereocenters. The van der Waals surface area contributed by atoms with Crippen molar-refractivity contribution in [3.63, 3.8) is 0 Å². The van der Waals surface area contributed by atoms with Crippen LogP contribution in [0.4, 0.5) is 0 Å². The molecule has 3 rings (SSSR count). The summed E-state index contributed by atoms with van der Waals surface area (Å²) in [5.41, 5.74) is 2.36. The van der Waals surface area contributed by atoms with Gasteiger partial charge in [0.05, 0.1) is 12.8 Å². The molecule has 6 nitrogen and oxygen atoms in total. The van der Waals surface area contributed by atoms with E-state index in [4.69, 9.17) is 4.74 Å². The van der Waals surface area contributed by atoms with Crippen molar-refractivity contribution in [2.24, 2.45) is 0 Å². The Morgan fingerprint density at radius 1 is 1.29 bits per heavy atom. The number of nitrogens with zero attached hydrogens (tertiary/aromatic N) is 2. The maximum atomic E-state index is 11.4. The van der Waals surface area contributed by atoms with Gasteiger partial charge in [-0.2, -0.15) is 0 Å². The minimum absolute atomic E-state index is 0.0815. The highest BCUT2D eigenvalue weighted by Gasteiger charge is 2.22. The number of benzene rings is 1. The number of hydrogen-bond acceptors (Lipinski definition) is 5. The number of methoxy groups -OCH3 is 1. The third-order valence-electron chi connectivity index (χ3n) is 3.48. The average Bonchev–Trinajstić information content (AvgIpc) is 2.53. The van der Waals surface area contributed by atoms with E-state index in [1.54, 1.807) is 19.2 Å². The highest BCUT2D eigenvalue weighted by molar-refractivity contribution is 5.88. The summed E-state index contributed by atoms with van der Waals surface area (Å²) in [4.78, 5) is 20.2. The molecule has 21 heavy (non-hydrogen) atoms. The Morgan fingerprint density at radius 2 is 2.05 bits per heavy atom. The van der Waals surface area contributed by atoms with Gasteiger partial charge >= 0.3 is 5.97 Å². The minimum atomic E-state index is -1.02. The zero-order valence-corrected chi connectivity index (χ0v) is 11.6. The van der Waals surface area contributed by atoms with Gasteiger partial charge in [-0.05, 0) is 24.3 Å². The molecule has 0 unspecified atom stereocenters. The van der Waals surface area contributed by atoms with Gasteiger partial charge in [-0.1, -0.05) is 0 Å². The summed E-state index contributed by atoms with van der Waals surface area (Å²) in [6.45, 7) is 1.30. The number of aromatic carboxylic acids is 1. The predicted molar refractivity (Wildman–Crippen MR) is 76.4 cm³/mol. The molecule has 2 N–H and O–H groups in total. The molecule has 0 saturated heterocycles. The van der Waals surface area contributed by atoms with Crippen LogP contribution >= 0.6 is 0 Å². The first kappa shape index (κ1) is 13.5. The van der Waals surface area contributed by atoms with Crippen LogP contribution in [0.15, 0.2) is 24.3 Å². The molecular formula is C15H15N3O3. The highest BCUT2D eigenvalue weighted by Crippen LogP contribution is 2.23. The molecule has 1 aromatic carbocycles. The number of hydrogen-bond donors (Lipinski definition) is 2. The van der Waals surface area contributed by atoms with E-state index in [1.807, 2.05) is 12.1 Å². The Morgan fingerprint density at radius 3 is 2.71 bits per heavy atom. The van der Waals surface area contributed by atoms with Crippen molar-refractivity contribution >= 4 is 5.97 Å². The zero-order chi connectivity index (χ0) is 14.8. The van der Waals surface area contributed by atoms with Crippen molar-refractivity contribution in [3.05, 3.63) is 41.2 Å². The third kappa shape index (κ3) is 2.57. The summed E-state index contributed by atoms with van der Waals surface area (Å²) in [5.74, 6) is 0.155. The zero-order valence-electron chi connectivity index (χ0n) is 11.6. The largest absolute Gasteiger partial charge is 0.497 e. The Labute approximate surface area is 121 Å². The average molecular weight is 285 g/mol. The predicted octanol–water partition coefficient (Wildman–Crippen LogP) is 1.50. The SMILES string of the molecule is COc1ccc(-c2nc3c(c(C(=O)O)n2)CNCC3)cc1. The summed E-state index contributed by atoms with van der Waals surface area (Å²) in [7, 11) is 1.60. The normalized spacial score (nSPS) is 13.6. The summed E-state index contributed by atoms with van der Waals surface area (Å²) in [6.07, 6.45) is 0.710. The fourth-order valence-electron chi connectivity index (χ4n) is 2.39. The van der Waals surface area contributed by atoms with Crippen molar-refractivity contribution in [1.29, 1.82) is 0 Å². The molecule has 0 radical (unpaired) electrons. The van der Waals surface area contributed by atoms with Gasteiger partial charge in [0.15, 0.2) is 11.5 Å². The second-order valence-corrected chi connectivity index (χ2v) is 4.78. The molecule has 6 heteroatoms. The Hall–Kier alpha value is -2.47. The Balaban J connectivity index is 2.09. The summed E-state index contributed by atoms with van der Waals surface area (Å²) in [5, 5.41) is 12.5. The lowest BCUT2D eigenvalue weighted by atomic mass is 10.0. The molecular weight excluding hydrogens is 270 g/mol. The number of ether oxygens (including phenoxy) is 1. The van der Waals surface area contributed by atoms with Gasteiger partial charge in [-0.25, -0.2) is 14.8 Å². The van der Waals surface area contributed by atoms with E-state index in [1.165, 1.54) is 0 Å². The first-order valence-corrected chi connectivity index (χ1v) is 6.67. The molecule has 0 saturated carbocycles. The van der Waals surface area contributed by atoms with Gasteiger partial charge in [-0.3, -0.25) is 0 Å². The van der Waals surface area contributed by atoms with Crippen LogP contribution in [0.3, 0.4) is 0 Å². The van der Waals surface area contributed by atoms with Crippen molar-refractivity contribution in [3.8, 4) is 17.1 Å². The molecule has 2 heterocycles. The van der Waals surface area contributed by atoms with Crippen molar-refractivity contribution in [1.82, 2.24) is 15.3 Å². The summed E-state index contributed by atoms with van der Waals surface area (Å²) in [6, 6.07) is 7.26. The molecule has 0 fully saturated rings. The van der Waals surface area contributed by atoms with Crippen molar-refractivity contribution in [2.75, 3.05) is 13.7 Å². The number of carbonyl (C=O) groups is 1. The van der Waals surface area contributed by atoms with Crippen molar-refractivity contribution in [2.45, 2.75) is 13.0 Å². The maximum Gasteiger partial charge on any atom is 0.354 e. The third-order valence-corrected chi connectivity index (χ3v) is 3.48. The number of nitrogens with one attached hydrogen (secondary N) is 1. The minimum Gasteiger partial charge on any atom is -0.497 e. The highest BCUT2D eigenvalue weighted by atomic mass is 16.5. The van der Waals surface area contributed by atoms with Crippen LogP contribution < -0.4 is 10.1 Å². The quantitative estimate of drug-likeness (QED) is 0.889. The monoisotopic (exact) mass is 285 g/mol. The topological polar surface area (TPSA) is 84.3 Å². The Bertz CT molecular complexity index is 683. The van der Waals surface area contributed by atoms with E-state index in [-0.39, 0.29) is 5.69 Å². The molecule has 1 aliphatic heterocycles. The van der Waals surface area contributed by atoms with E-state index < -0.39 is 5.97 Å². The van der Waals surface area contributed by atoms with Crippen LogP contribution in [0.25, 0.3) is 11.4 Å². The number of rotatable bonds is 3. The van der Waals surface area contributed by atoms with Gasteiger partial charge in [0.2, 0.25) is 0 Å². The first-order chi connectivity index (χ1) is 10.2. The molecule has 0 spiro atoms. The maximum absolute atomic E-state index is 11.4. The second-order valence-electron chi connectivity index (χ2n) is 4.78. The summed E-state index contributed by atoms with van der Waals surface area (Å²) >= 11 is 0. The van der Waals surface area contributed by atoms with E-state index in [9.17, 15) is 9.90 Å². The molecule has 1 aliphatic rings. The van der Waals surface area contributed by atoms with Crippen LogP contribution in [0, 0.1) is 0 Å². The van der Waals surface area contributed by atoms with Crippen molar-refractivity contribution < 1.29 is 14.6 Å². The second kappa shape index (κ2) is 5.49. The van der Waals surface area contributed by atoms with Crippen LogP contribution in [0.2, 0.25) is 0 Å². The van der Waals surface area contributed by atoms with Gasteiger partial charge in [0.25, 0.3) is 0 Å². The van der Waals surface area contributed by atoms with Crippen LogP contribution in [-0.4, -0.2) is 34.7 Å². The van der Waals surface area contributed by atoms with Gasteiger partial charge in [0, 0.05) is 30.6 Å². The lowest BCUT2D eigenvalue weighted by molar-refractivity contribution is 0.0688. The van der Waals surface area contributed by atoms with E-state index in [0.29, 0.717) is 24.4 Å². The molecule has 0 bridgehead atoms. The Kier molecular flexibility index (Phi) is 3.53. The van der Waals surface area contributed by atoms with Crippen LogP contribution in [0.5, 0.6) is 5.75 Å². The summed E-state index contributed by atoms with van der Waals surface area (Å²) < 4.78 is 5.11. The van der Waals surface area contributed by atoms with Gasteiger partial charge < -0.3 is 15.2 Å². The lowest BCUT2D eigenvalue weighted by Crippen LogP contribution is -2.28. The fraction of sp³-hybridized carbons (Fsp3) is 0.267. The van der Waals surface area contributed by atoms with Gasteiger partial charge in [0.1, 0.15) is 5.75 Å². The lowest BCUT2D eigenvalue weighted by Gasteiger charge is -2.18. The number of fused-ring (bicyclic) bond motifs is 1. The fourth-order valence-corrected chi connectivity index (χ4v) is 2.39. The number of carboxylic acid groups (broad SMARTS) is 1. The molecule has 2 aromatic rings. The van der Waals surface area contributed by atoms with E-state index in [2.05, 4.69) is 15.3 Å². The number of carboxylic acids is 1. The molecule has 0 amide bonds. The standard InChI is InChI=1S/C15H15N3O3/c1-21-10-4-2-9(3-5-10)14-17-12-6-7-16-8-11(12)13(18-14)15(19)20/h2-5,16H,6-8H2,1H3,(H,19,20). The van der Waals surface area contributed by atoms with E-state index in [0.717, 1.165) is 23.6 Å². The molecule has 108 valence electrons. The first-order valence-electron chi connectivity index (χ1n) is 6.67. The molecule has 1 aromatic heterocycles.